The Balaban J connectivity index is 3.48. The van der Waals surface area contributed by atoms with Crippen LogP contribution in [0.1, 0.15) is 27.7 Å². The Hall–Kier alpha value is -2.97. The van der Waals surface area contributed by atoms with E-state index in [0.717, 1.165) is 5.70 Å². The van der Waals surface area contributed by atoms with Crippen LogP contribution < -0.4 is 5.73 Å². The third-order valence-electron chi connectivity index (χ3n) is 3.17. The summed E-state index contributed by atoms with van der Waals surface area (Å²) in [4.78, 5) is 1.88. The largest absolute Gasteiger partial charge is 0.384 e. The number of hydrogen-bond donors (Lipinski definition) is 1. The first-order chi connectivity index (χ1) is 9.87. The van der Waals surface area contributed by atoms with Crippen LogP contribution in [-0.4, -0.2) is 10.9 Å². The first-order valence-electron chi connectivity index (χ1n) is 6.47. The average molecular weight is 279 g/mol. The molecule has 0 fully saturated rings. The monoisotopic (exact) mass is 279 g/mol. The highest BCUT2D eigenvalue weighted by molar-refractivity contribution is 5.58. The summed E-state index contributed by atoms with van der Waals surface area (Å²) < 4.78 is 0. The molecule has 5 heteroatoms. The van der Waals surface area contributed by atoms with Gasteiger partial charge in [-0.2, -0.15) is 15.8 Å². The number of nitrogens with zero attached hydrogens (tertiary/aromatic N) is 4. The van der Waals surface area contributed by atoms with Crippen LogP contribution in [0.4, 0.5) is 0 Å². The molecule has 0 amide bonds. The molecule has 2 N–H and O–H groups in total. The van der Waals surface area contributed by atoms with Crippen molar-refractivity contribution in [3.8, 4) is 18.2 Å². The molecule has 0 aromatic carbocycles. The summed E-state index contributed by atoms with van der Waals surface area (Å²) in [5.74, 6) is 0.391. The second-order valence-electron chi connectivity index (χ2n) is 5.00. The van der Waals surface area contributed by atoms with Gasteiger partial charge in [-0.15, -0.1) is 0 Å². The molecule has 1 aliphatic heterocycles. The van der Waals surface area contributed by atoms with Gasteiger partial charge in [0.05, 0.1) is 5.57 Å². The van der Waals surface area contributed by atoms with E-state index in [0.29, 0.717) is 22.5 Å². The minimum absolute atomic E-state index is 0.0238. The first-order valence-corrected chi connectivity index (χ1v) is 6.47. The maximum atomic E-state index is 9.35. The van der Waals surface area contributed by atoms with Crippen molar-refractivity contribution < 1.29 is 0 Å². The molecule has 21 heavy (non-hydrogen) atoms. The Morgan fingerprint density at radius 1 is 1.29 bits per heavy atom. The summed E-state index contributed by atoms with van der Waals surface area (Å²) in [5, 5.41) is 27.1. The third kappa shape index (κ3) is 3.14. The fourth-order valence-corrected chi connectivity index (χ4v) is 2.25. The number of nitrogens with two attached hydrogens (primary N) is 1. The molecule has 0 unspecified atom stereocenters. The summed E-state index contributed by atoms with van der Waals surface area (Å²) in [6.45, 7) is 7.55. The molecule has 0 aromatic heterocycles. The Morgan fingerprint density at radius 3 is 2.29 bits per heavy atom. The van der Waals surface area contributed by atoms with Gasteiger partial charge in [-0.3, -0.25) is 0 Å². The molecule has 0 atom stereocenters. The predicted octanol–water partition coefficient (Wildman–Crippen LogP) is 2.60. The zero-order valence-electron chi connectivity index (χ0n) is 12.6. The van der Waals surface area contributed by atoms with Gasteiger partial charge in [-0.1, -0.05) is 0 Å². The summed E-state index contributed by atoms with van der Waals surface area (Å²) in [5.41, 5.74) is 8.50. The fourth-order valence-electron chi connectivity index (χ4n) is 2.25. The standard InChI is InChI=1S/C16H17N5/c1-10(2)21-12(4)6-13(15(9-19)16(21)20)5-11(3)14(7-17)8-18/h5-6,10H,20H2,1-4H3/b13-5+. The summed E-state index contributed by atoms with van der Waals surface area (Å²) in [6.07, 6.45) is 3.49. The lowest BCUT2D eigenvalue weighted by atomic mass is 9.97. The van der Waals surface area contributed by atoms with Crippen LogP contribution in [0.15, 0.2) is 46.0 Å². The van der Waals surface area contributed by atoms with Crippen molar-refractivity contribution in [2.75, 3.05) is 0 Å². The average Bonchev–Trinajstić information content (AvgIpc) is 2.39. The van der Waals surface area contributed by atoms with Gasteiger partial charge in [0, 0.05) is 11.7 Å². The maximum Gasteiger partial charge on any atom is 0.132 e. The first kappa shape index (κ1) is 16.1. The Kier molecular flexibility index (Phi) is 4.95. The van der Waals surface area contributed by atoms with E-state index in [-0.39, 0.29) is 11.6 Å². The Bertz CT molecular complexity index is 680. The van der Waals surface area contributed by atoms with Crippen LogP contribution in [0, 0.1) is 34.0 Å². The molecule has 0 bridgehead atoms. The van der Waals surface area contributed by atoms with E-state index >= 15 is 0 Å². The van der Waals surface area contributed by atoms with Crippen LogP contribution in [0.3, 0.4) is 0 Å². The SMILES string of the molecule is CC1=C/C(=C\C(C)=C(C#N)C#N)C(C#N)=C(N)N1C(C)C. The van der Waals surface area contributed by atoms with Crippen molar-refractivity contribution in [3.05, 3.63) is 46.0 Å². The highest BCUT2D eigenvalue weighted by atomic mass is 15.2. The minimum Gasteiger partial charge on any atom is -0.384 e. The number of allylic oxidation sites excluding steroid dienone is 7. The van der Waals surface area contributed by atoms with Gasteiger partial charge in [0.15, 0.2) is 0 Å². The molecule has 1 rings (SSSR count). The summed E-state index contributed by atoms with van der Waals surface area (Å²) >= 11 is 0. The van der Waals surface area contributed by atoms with Crippen LogP contribution in [0.2, 0.25) is 0 Å². The van der Waals surface area contributed by atoms with Gasteiger partial charge >= 0.3 is 0 Å². The third-order valence-corrected chi connectivity index (χ3v) is 3.17. The summed E-state index contributed by atoms with van der Waals surface area (Å²) in [7, 11) is 0. The topological polar surface area (TPSA) is 101 Å². The van der Waals surface area contributed by atoms with Crippen molar-refractivity contribution in [3.63, 3.8) is 0 Å². The minimum atomic E-state index is 0.0238. The van der Waals surface area contributed by atoms with Gasteiger partial charge in [0.2, 0.25) is 0 Å². The number of nitriles is 3. The Morgan fingerprint density at radius 2 is 1.86 bits per heavy atom. The van der Waals surface area contributed by atoms with E-state index in [9.17, 15) is 5.26 Å². The lowest BCUT2D eigenvalue weighted by Gasteiger charge is -2.33. The van der Waals surface area contributed by atoms with Gasteiger partial charge in [-0.05, 0) is 51.0 Å². The van der Waals surface area contributed by atoms with Crippen molar-refractivity contribution in [1.29, 1.82) is 15.8 Å². The molecule has 0 spiro atoms. The van der Waals surface area contributed by atoms with Crippen molar-refractivity contribution in [1.82, 2.24) is 4.90 Å². The highest BCUT2D eigenvalue weighted by Crippen LogP contribution is 2.29. The van der Waals surface area contributed by atoms with E-state index in [1.54, 1.807) is 13.0 Å². The maximum absolute atomic E-state index is 9.35. The van der Waals surface area contributed by atoms with Crippen molar-refractivity contribution in [2.24, 2.45) is 5.73 Å². The second-order valence-corrected chi connectivity index (χ2v) is 5.00. The smallest absolute Gasteiger partial charge is 0.132 e. The number of hydrogen-bond acceptors (Lipinski definition) is 5. The van der Waals surface area contributed by atoms with Gasteiger partial charge < -0.3 is 10.6 Å². The fraction of sp³-hybridized carbons (Fsp3) is 0.312. The van der Waals surface area contributed by atoms with E-state index in [1.807, 2.05) is 43.9 Å². The second kappa shape index (κ2) is 6.46. The molecule has 1 aliphatic rings. The Labute approximate surface area is 125 Å². The molecular formula is C16H17N5. The zero-order valence-corrected chi connectivity index (χ0v) is 12.6. The van der Waals surface area contributed by atoms with E-state index in [2.05, 4.69) is 6.07 Å². The van der Waals surface area contributed by atoms with Crippen molar-refractivity contribution in [2.45, 2.75) is 33.7 Å². The summed E-state index contributed by atoms with van der Waals surface area (Å²) in [6, 6.07) is 5.91. The molecule has 0 saturated heterocycles. The van der Waals surface area contributed by atoms with E-state index in [1.165, 1.54) is 0 Å². The molecule has 0 radical (unpaired) electrons. The molecule has 0 aliphatic carbocycles. The zero-order chi connectivity index (χ0) is 16.2. The molecule has 106 valence electrons. The lowest BCUT2D eigenvalue weighted by molar-refractivity contribution is 0.344. The van der Waals surface area contributed by atoms with E-state index < -0.39 is 0 Å². The van der Waals surface area contributed by atoms with Gasteiger partial charge in [0.1, 0.15) is 29.6 Å². The normalized spacial score (nSPS) is 16.2. The van der Waals surface area contributed by atoms with Crippen molar-refractivity contribution >= 4 is 0 Å². The van der Waals surface area contributed by atoms with Crippen LogP contribution in [-0.2, 0) is 0 Å². The van der Waals surface area contributed by atoms with Gasteiger partial charge in [-0.25, -0.2) is 0 Å². The van der Waals surface area contributed by atoms with E-state index in [4.69, 9.17) is 16.3 Å². The quantitative estimate of drug-likeness (QED) is 0.783. The molecular weight excluding hydrogens is 262 g/mol. The lowest BCUT2D eigenvalue weighted by Crippen LogP contribution is -2.35. The molecule has 1 heterocycles. The van der Waals surface area contributed by atoms with Gasteiger partial charge in [0.25, 0.3) is 0 Å². The molecule has 5 nitrogen and oxygen atoms in total. The highest BCUT2D eigenvalue weighted by Gasteiger charge is 2.23. The predicted molar refractivity (Wildman–Crippen MR) is 79.6 cm³/mol. The number of rotatable bonds is 2. The molecule has 0 aromatic rings. The van der Waals surface area contributed by atoms with Crippen LogP contribution in [0.25, 0.3) is 0 Å². The van der Waals surface area contributed by atoms with Crippen LogP contribution >= 0.6 is 0 Å². The van der Waals surface area contributed by atoms with Crippen LogP contribution in [0.5, 0.6) is 0 Å². The molecule has 0 saturated carbocycles.